The number of thiophene rings is 1. The van der Waals surface area contributed by atoms with E-state index in [9.17, 15) is 4.79 Å². The second-order valence-corrected chi connectivity index (χ2v) is 5.24. The molecule has 0 fully saturated rings. The lowest BCUT2D eigenvalue weighted by Gasteiger charge is -2.13. The maximum absolute atomic E-state index is 12.0. The largest absolute Gasteiger partial charge is 0.345 e. The van der Waals surface area contributed by atoms with E-state index in [0.29, 0.717) is 11.4 Å². The van der Waals surface area contributed by atoms with Gasteiger partial charge in [-0.05, 0) is 24.6 Å². The third-order valence-electron chi connectivity index (χ3n) is 2.73. The van der Waals surface area contributed by atoms with E-state index in [1.165, 1.54) is 11.3 Å². The van der Waals surface area contributed by atoms with Gasteiger partial charge in [-0.2, -0.15) is 0 Å². The van der Waals surface area contributed by atoms with Crippen LogP contribution in [0.25, 0.3) is 0 Å². The maximum Gasteiger partial charge on any atom is 0.261 e. The zero-order valence-electron chi connectivity index (χ0n) is 10.2. The Morgan fingerprint density at radius 3 is 2.61 bits per heavy atom. The molecule has 0 aliphatic rings. The molecule has 0 spiro atoms. The predicted octanol–water partition coefficient (Wildman–Crippen LogP) is 2.70. The van der Waals surface area contributed by atoms with E-state index < -0.39 is 0 Å². The standard InChI is InChI=1S/C14H16N2OS/c1-10(11-5-3-2-4-6-11)16-14(17)13-8-7-12(9-15)18-13/h2-8,10H,9,15H2,1H3,(H,16,17). The van der Waals surface area contributed by atoms with Crippen LogP contribution in [0, 0.1) is 0 Å². The van der Waals surface area contributed by atoms with Crippen LogP contribution in [0.5, 0.6) is 0 Å². The van der Waals surface area contributed by atoms with Crippen LogP contribution in [0.15, 0.2) is 42.5 Å². The minimum absolute atomic E-state index is 0.00197. The van der Waals surface area contributed by atoms with Gasteiger partial charge < -0.3 is 11.1 Å². The van der Waals surface area contributed by atoms with Crippen molar-refractivity contribution < 1.29 is 4.79 Å². The number of nitrogens with one attached hydrogen (secondary N) is 1. The molecule has 0 aliphatic heterocycles. The first-order chi connectivity index (χ1) is 8.70. The molecule has 0 bridgehead atoms. The second kappa shape index (κ2) is 5.80. The topological polar surface area (TPSA) is 55.1 Å². The van der Waals surface area contributed by atoms with Crippen molar-refractivity contribution in [2.45, 2.75) is 19.5 Å². The summed E-state index contributed by atoms with van der Waals surface area (Å²) in [6, 6.07) is 13.6. The molecule has 0 saturated heterocycles. The summed E-state index contributed by atoms with van der Waals surface area (Å²) in [6.45, 7) is 2.46. The lowest BCUT2D eigenvalue weighted by atomic mass is 10.1. The van der Waals surface area contributed by atoms with Crippen molar-refractivity contribution >= 4 is 17.2 Å². The molecule has 0 saturated carbocycles. The first kappa shape index (κ1) is 12.8. The SMILES string of the molecule is CC(NC(=O)c1ccc(CN)s1)c1ccccc1. The minimum atomic E-state index is -0.0453. The van der Waals surface area contributed by atoms with Gasteiger partial charge in [0.1, 0.15) is 0 Å². The molecule has 3 nitrogen and oxygen atoms in total. The number of hydrogen-bond donors (Lipinski definition) is 2. The van der Waals surface area contributed by atoms with Crippen LogP contribution in [-0.4, -0.2) is 5.91 Å². The fourth-order valence-electron chi connectivity index (χ4n) is 1.70. The van der Waals surface area contributed by atoms with Crippen LogP contribution in [-0.2, 0) is 6.54 Å². The molecule has 1 unspecified atom stereocenters. The second-order valence-electron chi connectivity index (χ2n) is 4.08. The van der Waals surface area contributed by atoms with E-state index in [2.05, 4.69) is 5.32 Å². The van der Waals surface area contributed by atoms with Crippen LogP contribution in [0.2, 0.25) is 0 Å². The van der Waals surface area contributed by atoms with Crippen LogP contribution >= 0.6 is 11.3 Å². The van der Waals surface area contributed by atoms with Gasteiger partial charge in [0.15, 0.2) is 0 Å². The first-order valence-electron chi connectivity index (χ1n) is 5.85. The van der Waals surface area contributed by atoms with Crippen LogP contribution in [0.3, 0.4) is 0 Å². The number of nitrogens with two attached hydrogens (primary N) is 1. The first-order valence-corrected chi connectivity index (χ1v) is 6.67. The maximum atomic E-state index is 12.0. The van der Waals surface area contributed by atoms with Crippen molar-refractivity contribution in [3.63, 3.8) is 0 Å². The van der Waals surface area contributed by atoms with Gasteiger partial charge in [0.25, 0.3) is 5.91 Å². The molecule has 2 rings (SSSR count). The van der Waals surface area contributed by atoms with Gasteiger partial charge in [-0.1, -0.05) is 30.3 Å². The average Bonchev–Trinajstić information content (AvgIpc) is 2.88. The normalized spacial score (nSPS) is 12.1. The third kappa shape index (κ3) is 2.97. The zero-order chi connectivity index (χ0) is 13.0. The van der Waals surface area contributed by atoms with Gasteiger partial charge in [-0.15, -0.1) is 11.3 Å². The van der Waals surface area contributed by atoms with Gasteiger partial charge in [-0.25, -0.2) is 0 Å². The minimum Gasteiger partial charge on any atom is -0.345 e. The summed E-state index contributed by atoms with van der Waals surface area (Å²) in [4.78, 5) is 13.7. The van der Waals surface area contributed by atoms with E-state index >= 15 is 0 Å². The lowest BCUT2D eigenvalue weighted by molar-refractivity contribution is 0.0944. The Morgan fingerprint density at radius 2 is 2.00 bits per heavy atom. The van der Waals surface area contributed by atoms with Gasteiger partial charge in [0, 0.05) is 11.4 Å². The van der Waals surface area contributed by atoms with Gasteiger partial charge in [0.05, 0.1) is 10.9 Å². The summed E-state index contributed by atoms with van der Waals surface area (Å²) in [5.74, 6) is -0.0453. The van der Waals surface area contributed by atoms with Crippen LogP contribution in [0.1, 0.15) is 33.1 Å². The fourth-order valence-corrected chi connectivity index (χ4v) is 2.49. The Hall–Kier alpha value is -1.65. The molecule has 18 heavy (non-hydrogen) atoms. The Morgan fingerprint density at radius 1 is 1.28 bits per heavy atom. The summed E-state index contributed by atoms with van der Waals surface area (Å²) < 4.78 is 0. The quantitative estimate of drug-likeness (QED) is 0.888. The molecule has 1 aromatic carbocycles. The highest BCUT2D eigenvalue weighted by Crippen LogP contribution is 2.18. The average molecular weight is 260 g/mol. The van der Waals surface area contributed by atoms with Crippen molar-refractivity contribution in [3.05, 3.63) is 57.8 Å². The van der Waals surface area contributed by atoms with Gasteiger partial charge in [0.2, 0.25) is 0 Å². The molecule has 4 heteroatoms. The summed E-state index contributed by atoms with van der Waals surface area (Å²) in [5, 5.41) is 2.98. The van der Waals surface area contributed by atoms with E-state index in [1.807, 2.05) is 49.4 Å². The molecular weight excluding hydrogens is 244 g/mol. The Balaban J connectivity index is 2.03. The summed E-state index contributed by atoms with van der Waals surface area (Å²) in [5.41, 5.74) is 6.63. The molecule has 1 aromatic heterocycles. The highest BCUT2D eigenvalue weighted by molar-refractivity contribution is 7.14. The zero-order valence-corrected chi connectivity index (χ0v) is 11.0. The van der Waals surface area contributed by atoms with Crippen molar-refractivity contribution in [3.8, 4) is 0 Å². The van der Waals surface area contributed by atoms with E-state index in [4.69, 9.17) is 5.73 Å². The Labute approximate surface area is 111 Å². The Kier molecular flexibility index (Phi) is 4.12. The van der Waals surface area contributed by atoms with Crippen molar-refractivity contribution in [1.29, 1.82) is 0 Å². The van der Waals surface area contributed by atoms with Crippen molar-refractivity contribution in [2.24, 2.45) is 5.73 Å². The summed E-state index contributed by atoms with van der Waals surface area (Å²) in [7, 11) is 0. The fraction of sp³-hybridized carbons (Fsp3) is 0.214. The van der Waals surface area contributed by atoms with E-state index in [1.54, 1.807) is 0 Å². The summed E-state index contributed by atoms with van der Waals surface area (Å²) >= 11 is 1.44. The molecule has 0 aliphatic carbocycles. The third-order valence-corrected chi connectivity index (χ3v) is 3.84. The number of carbonyl (C=O) groups excluding carboxylic acids is 1. The number of benzene rings is 1. The highest BCUT2D eigenvalue weighted by atomic mass is 32.1. The smallest absolute Gasteiger partial charge is 0.261 e. The molecule has 3 N–H and O–H groups in total. The number of amides is 1. The highest BCUT2D eigenvalue weighted by Gasteiger charge is 2.12. The van der Waals surface area contributed by atoms with Crippen molar-refractivity contribution in [2.75, 3.05) is 0 Å². The molecular formula is C14H16N2OS. The monoisotopic (exact) mass is 260 g/mol. The van der Waals surface area contributed by atoms with Crippen LogP contribution in [0.4, 0.5) is 0 Å². The molecule has 2 aromatic rings. The van der Waals surface area contributed by atoms with E-state index in [0.717, 1.165) is 10.4 Å². The number of hydrogen-bond acceptors (Lipinski definition) is 3. The molecule has 1 atom stereocenters. The lowest BCUT2D eigenvalue weighted by Crippen LogP contribution is -2.25. The molecule has 0 radical (unpaired) electrons. The van der Waals surface area contributed by atoms with Crippen LogP contribution < -0.4 is 11.1 Å². The van der Waals surface area contributed by atoms with Gasteiger partial charge in [-0.3, -0.25) is 4.79 Å². The van der Waals surface area contributed by atoms with Crippen molar-refractivity contribution in [1.82, 2.24) is 5.32 Å². The number of carbonyl (C=O) groups is 1. The molecule has 94 valence electrons. The summed E-state index contributed by atoms with van der Waals surface area (Å²) in [6.07, 6.45) is 0. The van der Waals surface area contributed by atoms with Gasteiger partial charge >= 0.3 is 0 Å². The number of rotatable bonds is 4. The Bertz CT molecular complexity index is 522. The molecule has 1 amide bonds. The van der Waals surface area contributed by atoms with E-state index in [-0.39, 0.29) is 11.9 Å². The predicted molar refractivity (Wildman–Crippen MR) is 74.5 cm³/mol. The molecule has 1 heterocycles.